The third-order valence-corrected chi connectivity index (χ3v) is 6.58. The molecule has 0 saturated carbocycles. The number of amides is 3. The van der Waals surface area contributed by atoms with E-state index in [-0.39, 0.29) is 31.4 Å². The topological polar surface area (TPSA) is 149 Å². The van der Waals surface area contributed by atoms with Crippen molar-refractivity contribution < 1.29 is 34.2 Å². The molecular formula is C30H34N4O7. The molecule has 216 valence electrons. The molecule has 0 bridgehead atoms. The number of hydrogen-bond donors (Lipinski definition) is 5. The molecule has 0 radical (unpaired) electrons. The number of nitrogens with zero attached hydrogens (tertiary/aromatic N) is 1. The molecule has 3 aromatic rings. The van der Waals surface area contributed by atoms with Gasteiger partial charge >= 0.3 is 0 Å². The molecule has 5 N–H and O–H groups in total. The van der Waals surface area contributed by atoms with Crippen molar-refractivity contribution in [3.63, 3.8) is 0 Å². The van der Waals surface area contributed by atoms with Crippen LogP contribution >= 0.6 is 0 Å². The molecule has 0 spiro atoms. The highest BCUT2D eigenvalue weighted by Gasteiger charge is 2.30. The van der Waals surface area contributed by atoms with Gasteiger partial charge in [-0.15, -0.1) is 0 Å². The van der Waals surface area contributed by atoms with Gasteiger partial charge in [0.25, 0.3) is 17.7 Å². The highest BCUT2D eigenvalue weighted by atomic mass is 16.5. The fourth-order valence-electron chi connectivity index (χ4n) is 4.46. The van der Waals surface area contributed by atoms with Crippen molar-refractivity contribution >= 4 is 17.7 Å². The van der Waals surface area contributed by atoms with Crippen molar-refractivity contribution in [3.05, 3.63) is 90.0 Å². The normalized spacial score (nSPS) is 15.9. The molecule has 2 atom stereocenters. The lowest BCUT2D eigenvalue weighted by molar-refractivity contribution is -0.138. The predicted octanol–water partition coefficient (Wildman–Crippen LogP) is 1.35. The van der Waals surface area contributed by atoms with Crippen molar-refractivity contribution in [3.8, 4) is 16.9 Å². The molecule has 4 rings (SSSR count). The van der Waals surface area contributed by atoms with Gasteiger partial charge in [-0.3, -0.25) is 24.5 Å². The second kappa shape index (κ2) is 14.9. The SMILES string of the molecule is O=C(NC(C(=O)NO)C(=O)NCC1CN(Cc2ccccc2)CCO1)c1ccc(-c2ccc(OCCO)cc2)cc1. The van der Waals surface area contributed by atoms with Crippen molar-refractivity contribution in [2.75, 3.05) is 39.5 Å². The van der Waals surface area contributed by atoms with Crippen LogP contribution in [0.25, 0.3) is 11.1 Å². The summed E-state index contributed by atoms with van der Waals surface area (Å²) in [6, 6.07) is 22.3. The number of benzene rings is 3. The molecule has 3 amide bonds. The third-order valence-electron chi connectivity index (χ3n) is 6.58. The summed E-state index contributed by atoms with van der Waals surface area (Å²) >= 11 is 0. The van der Waals surface area contributed by atoms with Gasteiger partial charge in [0.15, 0.2) is 6.04 Å². The number of hydrogen-bond acceptors (Lipinski definition) is 8. The second-order valence-corrected chi connectivity index (χ2v) is 9.51. The van der Waals surface area contributed by atoms with Crippen LogP contribution in [0, 0.1) is 0 Å². The van der Waals surface area contributed by atoms with Gasteiger partial charge in [-0.25, -0.2) is 5.48 Å². The summed E-state index contributed by atoms with van der Waals surface area (Å²) in [4.78, 5) is 40.2. The van der Waals surface area contributed by atoms with Crippen LogP contribution in [0.3, 0.4) is 0 Å². The van der Waals surface area contributed by atoms with E-state index in [1.165, 1.54) is 11.0 Å². The number of carbonyl (C=O) groups is 3. The molecular weight excluding hydrogens is 528 g/mol. The Bertz CT molecular complexity index is 1290. The van der Waals surface area contributed by atoms with Crippen LogP contribution in [-0.2, 0) is 20.9 Å². The maximum atomic E-state index is 12.9. The lowest BCUT2D eigenvalue weighted by atomic mass is 10.0. The van der Waals surface area contributed by atoms with E-state index in [4.69, 9.17) is 14.6 Å². The highest BCUT2D eigenvalue weighted by molar-refractivity contribution is 6.08. The van der Waals surface area contributed by atoms with Crippen LogP contribution in [-0.4, -0.2) is 84.5 Å². The van der Waals surface area contributed by atoms with E-state index in [0.717, 1.165) is 24.2 Å². The summed E-state index contributed by atoms with van der Waals surface area (Å²) in [5.74, 6) is -1.86. The molecule has 41 heavy (non-hydrogen) atoms. The first-order valence-electron chi connectivity index (χ1n) is 13.3. The van der Waals surface area contributed by atoms with E-state index in [0.29, 0.717) is 18.9 Å². The zero-order valence-corrected chi connectivity index (χ0v) is 22.5. The Labute approximate surface area is 238 Å². The number of aliphatic hydroxyl groups is 1. The molecule has 11 heteroatoms. The van der Waals surface area contributed by atoms with Crippen LogP contribution in [0.1, 0.15) is 15.9 Å². The van der Waals surface area contributed by atoms with E-state index in [2.05, 4.69) is 27.7 Å². The van der Waals surface area contributed by atoms with Crippen molar-refractivity contribution in [2.24, 2.45) is 0 Å². The monoisotopic (exact) mass is 562 g/mol. The smallest absolute Gasteiger partial charge is 0.275 e. The Kier molecular flexibility index (Phi) is 10.8. The summed E-state index contributed by atoms with van der Waals surface area (Å²) in [5.41, 5.74) is 4.58. The van der Waals surface area contributed by atoms with E-state index < -0.39 is 23.8 Å². The summed E-state index contributed by atoms with van der Waals surface area (Å²) in [5, 5.41) is 23.1. The number of carbonyl (C=O) groups excluding carboxylic acids is 3. The average Bonchev–Trinajstić information content (AvgIpc) is 3.02. The third kappa shape index (κ3) is 8.60. The molecule has 1 fully saturated rings. The Hall–Kier alpha value is -4.29. The summed E-state index contributed by atoms with van der Waals surface area (Å²) in [6.07, 6.45) is -0.298. The van der Waals surface area contributed by atoms with Gasteiger partial charge in [0.2, 0.25) is 0 Å². The molecule has 1 saturated heterocycles. The minimum atomic E-state index is -1.65. The van der Waals surface area contributed by atoms with Crippen LogP contribution in [0.15, 0.2) is 78.9 Å². The molecule has 11 nitrogen and oxygen atoms in total. The molecule has 1 aliphatic rings. The zero-order valence-electron chi connectivity index (χ0n) is 22.5. The van der Waals surface area contributed by atoms with Gasteiger partial charge in [-0.1, -0.05) is 54.6 Å². The summed E-state index contributed by atoms with van der Waals surface area (Å²) in [7, 11) is 0. The maximum absolute atomic E-state index is 12.9. The fraction of sp³-hybridized carbons (Fsp3) is 0.300. The molecule has 3 aromatic carbocycles. The number of aliphatic hydroxyl groups excluding tert-OH is 1. The first-order valence-corrected chi connectivity index (χ1v) is 13.3. The van der Waals surface area contributed by atoms with Crippen LogP contribution in [0.5, 0.6) is 5.75 Å². The number of morpholine rings is 1. The van der Waals surface area contributed by atoms with Crippen LogP contribution < -0.4 is 20.9 Å². The largest absolute Gasteiger partial charge is 0.491 e. The summed E-state index contributed by atoms with van der Waals surface area (Å²) < 4.78 is 11.1. The minimum Gasteiger partial charge on any atom is -0.491 e. The molecule has 0 aromatic heterocycles. The lowest BCUT2D eigenvalue weighted by Crippen LogP contribution is -2.56. The average molecular weight is 563 g/mol. The minimum absolute atomic E-state index is 0.0728. The Balaban J connectivity index is 1.31. The molecule has 1 heterocycles. The number of nitrogens with one attached hydrogen (secondary N) is 3. The van der Waals surface area contributed by atoms with Crippen molar-refractivity contribution in [1.29, 1.82) is 0 Å². The van der Waals surface area contributed by atoms with Crippen molar-refractivity contribution in [2.45, 2.75) is 18.7 Å². The van der Waals surface area contributed by atoms with E-state index in [1.807, 2.05) is 30.3 Å². The highest BCUT2D eigenvalue weighted by Crippen LogP contribution is 2.23. The van der Waals surface area contributed by atoms with Crippen molar-refractivity contribution in [1.82, 2.24) is 21.0 Å². The first-order chi connectivity index (χ1) is 20.0. The van der Waals surface area contributed by atoms with Gasteiger partial charge in [0.1, 0.15) is 12.4 Å². The van der Waals surface area contributed by atoms with E-state index in [9.17, 15) is 19.6 Å². The Morgan fingerprint density at radius 3 is 2.29 bits per heavy atom. The molecule has 2 unspecified atom stereocenters. The quantitative estimate of drug-likeness (QED) is 0.126. The van der Waals surface area contributed by atoms with Crippen LogP contribution in [0.4, 0.5) is 0 Å². The molecule has 0 aliphatic carbocycles. The van der Waals surface area contributed by atoms with Gasteiger partial charge in [0, 0.05) is 31.7 Å². The Morgan fingerprint density at radius 2 is 1.63 bits per heavy atom. The van der Waals surface area contributed by atoms with Gasteiger partial charge < -0.3 is 25.2 Å². The van der Waals surface area contributed by atoms with E-state index >= 15 is 0 Å². The fourth-order valence-corrected chi connectivity index (χ4v) is 4.46. The first kappa shape index (κ1) is 29.7. The van der Waals surface area contributed by atoms with E-state index in [1.54, 1.807) is 36.4 Å². The predicted molar refractivity (Wildman–Crippen MR) is 150 cm³/mol. The van der Waals surface area contributed by atoms with Gasteiger partial charge in [-0.05, 0) is 41.0 Å². The standard InChI is InChI=1S/C30H34N4O7/c35-15-17-41-25-12-10-23(11-13-25)22-6-8-24(9-7-22)28(36)32-27(30(38)33-39)29(37)31-18-26-20-34(14-16-40-26)19-21-4-2-1-3-5-21/h1-13,26-27,35,39H,14-20H2,(H,31,37)(H,32,36)(H,33,38). The summed E-state index contributed by atoms with van der Waals surface area (Å²) in [6.45, 7) is 2.87. The lowest BCUT2D eigenvalue weighted by Gasteiger charge is -2.33. The van der Waals surface area contributed by atoms with Gasteiger partial charge in [0.05, 0.1) is 19.3 Å². The molecule has 1 aliphatic heterocycles. The number of ether oxygens (including phenoxy) is 2. The second-order valence-electron chi connectivity index (χ2n) is 9.51. The van der Waals surface area contributed by atoms with Gasteiger partial charge in [-0.2, -0.15) is 0 Å². The van der Waals surface area contributed by atoms with Crippen LogP contribution in [0.2, 0.25) is 0 Å². The maximum Gasteiger partial charge on any atom is 0.275 e. The number of rotatable bonds is 12. The number of hydroxylamine groups is 1. The Morgan fingerprint density at radius 1 is 0.951 bits per heavy atom. The zero-order chi connectivity index (χ0) is 29.0.